The van der Waals surface area contributed by atoms with Gasteiger partial charge in [0.2, 0.25) is 0 Å². The molecule has 98 valence electrons. The molecule has 0 amide bonds. The number of alkyl halides is 3. The van der Waals surface area contributed by atoms with E-state index in [1.54, 1.807) is 12.1 Å². The van der Waals surface area contributed by atoms with Crippen LogP contribution in [0.25, 0.3) is 0 Å². The zero-order valence-electron chi connectivity index (χ0n) is 11.2. The molecule has 1 aromatic rings. The highest BCUT2D eigenvalue weighted by Crippen LogP contribution is 2.30. The Morgan fingerprint density at radius 2 is 1.29 bits per heavy atom. The first kappa shape index (κ1) is 16.0. The van der Waals surface area contributed by atoms with Gasteiger partial charge in [-0.1, -0.05) is 46.8 Å². The van der Waals surface area contributed by atoms with Crippen LogP contribution >= 0.6 is 0 Å². The van der Waals surface area contributed by atoms with Crippen molar-refractivity contribution < 1.29 is 13.2 Å². The minimum Gasteiger partial charge on any atom is -0.166 e. The molecule has 0 heterocycles. The van der Waals surface area contributed by atoms with Crippen molar-refractivity contribution in [1.29, 1.82) is 0 Å². The van der Waals surface area contributed by atoms with E-state index in [0.29, 0.717) is 0 Å². The van der Waals surface area contributed by atoms with Crippen molar-refractivity contribution in [2.45, 2.75) is 47.2 Å². The summed E-state index contributed by atoms with van der Waals surface area (Å²) in [6, 6.07) is 5.38. The maximum atomic E-state index is 12.3. The Bertz CT molecular complexity index is 315. The minimum atomic E-state index is -4.24. The first-order valence-corrected chi connectivity index (χ1v) is 5.85. The van der Waals surface area contributed by atoms with Crippen LogP contribution in [-0.4, -0.2) is 0 Å². The van der Waals surface area contributed by atoms with Gasteiger partial charge in [0.1, 0.15) is 0 Å². The van der Waals surface area contributed by atoms with Crippen molar-refractivity contribution in [2.75, 3.05) is 0 Å². The average Bonchev–Trinajstić information content (AvgIpc) is 2.17. The van der Waals surface area contributed by atoms with Gasteiger partial charge in [0.25, 0.3) is 0 Å². The summed E-state index contributed by atoms with van der Waals surface area (Å²) in [7, 11) is 0. The highest BCUT2D eigenvalue weighted by Gasteiger charge is 2.30. The molecule has 0 radical (unpaired) electrons. The Morgan fingerprint density at radius 3 is 1.59 bits per heavy atom. The molecule has 0 aliphatic heterocycles. The van der Waals surface area contributed by atoms with Gasteiger partial charge in [-0.3, -0.25) is 0 Å². The molecular weight excluding hydrogens is 225 g/mol. The first-order valence-electron chi connectivity index (χ1n) is 5.85. The zero-order valence-corrected chi connectivity index (χ0v) is 11.2. The Hall–Kier alpha value is -0.990. The predicted octanol–water partition coefficient (Wildman–Crippen LogP) is 5.32. The van der Waals surface area contributed by atoms with Crippen molar-refractivity contribution >= 4 is 0 Å². The van der Waals surface area contributed by atoms with E-state index in [4.69, 9.17) is 0 Å². The molecule has 0 spiro atoms. The lowest BCUT2D eigenvalue weighted by Gasteiger charge is -2.18. The van der Waals surface area contributed by atoms with E-state index in [0.717, 1.165) is 24.1 Å². The maximum Gasteiger partial charge on any atom is 0.416 e. The normalized spacial score (nSPS) is 11.8. The summed E-state index contributed by atoms with van der Waals surface area (Å²) < 4.78 is 36.8. The summed E-state index contributed by atoms with van der Waals surface area (Å²) in [5.74, 6) is 0. The van der Waals surface area contributed by atoms with E-state index < -0.39 is 11.7 Å². The number of halogens is 3. The zero-order chi connectivity index (χ0) is 13.7. The first-order chi connectivity index (χ1) is 7.68. The lowest BCUT2D eigenvalue weighted by Crippen LogP contribution is -2.10. The van der Waals surface area contributed by atoms with Gasteiger partial charge in [-0.15, -0.1) is 0 Å². The smallest absolute Gasteiger partial charge is 0.166 e. The van der Waals surface area contributed by atoms with Crippen LogP contribution in [0, 0.1) is 5.41 Å². The third-order valence-electron chi connectivity index (χ3n) is 2.02. The van der Waals surface area contributed by atoms with Gasteiger partial charge in [0.15, 0.2) is 0 Å². The monoisotopic (exact) mass is 246 g/mol. The van der Waals surface area contributed by atoms with Crippen LogP contribution in [0.2, 0.25) is 0 Å². The number of hydrogen-bond donors (Lipinski definition) is 0. The Morgan fingerprint density at radius 1 is 0.882 bits per heavy atom. The molecule has 0 unspecified atom stereocenters. The fourth-order valence-corrected chi connectivity index (χ4v) is 1.42. The van der Waals surface area contributed by atoms with E-state index in [2.05, 4.69) is 20.8 Å². The van der Waals surface area contributed by atoms with Crippen LogP contribution in [0.4, 0.5) is 13.2 Å². The number of benzene rings is 1. The molecule has 0 N–H and O–H groups in total. The van der Waals surface area contributed by atoms with Crippen LogP contribution in [0.5, 0.6) is 0 Å². The van der Waals surface area contributed by atoms with Crippen LogP contribution in [0.1, 0.15) is 45.7 Å². The molecule has 1 rings (SSSR count). The number of rotatable bonds is 1. The van der Waals surface area contributed by atoms with Crippen LogP contribution < -0.4 is 0 Å². The highest BCUT2D eigenvalue weighted by molar-refractivity contribution is 5.25. The van der Waals surface area contributed by atoms with Crippen molar-refractivity contribution in [3.63, 3.8) is 0 Å². The second kappa shape index (κ2) is 6.08. The fourth-order valence-electron chi connectivity index (χ4n) is 1.42. The molecule has 17 heavy (non-hydrogen) atoms. The van der Waals surface area contributed by atoms with Crippen LogP contribution in [0.15, 0.2) is 24.3 Å². The molecular formula is C14H21F3. The predicted molar refractivity (Wildman–Crippen MR) is 66.0 cm³/mol. The van der Waals surface area contributed by atoms with Gasteiger partial charge in [0.05, 0.1) is 5.56 Å². The molecule has 3 heteroatoms. The van der Waals surface area contributed by atoms with Crippen molar-refractivity contribution in [1.82, 2.24) is 0 Å². The van der Waals surface area contributed by atoms with Gasteiger partial charge in [-0.05, 0) is 29.5 Å². The van der Waals surface area contributed by atoms with Crippen molar-refractivity contribution in [2.24, 2.45) is 5.41 Å². The van der Waals surface area contributed by atoms with Gasteiger partial charge in [-0.2, -0.15) is 13.2 Å². The lowest BCUT2D eigenvalue weighted by molar-refractivity contribution is -0.137. The lowest BCUT2D eigenvalue weighted by atomic mass is 9.88. The summed E-state index contributed by atoms with van der Waals surface area (Å²) in [4.78, 5) is 0. The Balaban J connectivity index is 0.00000121. The van der Waals surface area contributed by atoms with Gasteiger partial charge in [0, 0.05) is 0 Å². The largest absolute Gasteiger partial charge is 0.416 e. The van der Waals surface area contributed by atoms with Crippen LogP contribution in [-0.2, 0) is 12.6 Å². The standard InChI is InChI=1S/C12H15F3.C2H6/c1-11(2,3)8-9-4-6-10(7-5-9)12(13,14)15;1-2/h4-7H,8H2,1-3H3;1-2H3. The van der Waals surface area contributed by atoms with Gasteiger partial charge < -0.3 is 0 Å². The summed E-state index contributed by atoms with van der Waals surface area (Å²) in [5, 5.41) is 0. The van der Waals surface area contributed by atoms with Crippen molar-refractivity contribution in [3.05, 3.63) is 35.4 Å². The van der Waals surface area contributed by atoms with E-state index in [1.807, 2.05) is 13.8 Å². The second-order valence-electron chi connectivity index (χ2n) is 4.93. The Kier molecular flexibility index (Phi) is 5.73. The molecule has 0 saturated heterocycles. The minimum absolute atomic E-state index is 0.0970. The number of hydrogen-bond acceptors (Lipinski definition) is 0. The van der Waals surface area contributed by atoms with E-state index in [-0.39, 0.29) is 5.41 Å². The summed E-state index contributed by atoms with van der Waals surface area (Å²) in [6.07, 6.45) is -3.45. The molecule has 0 nitrogen and oxygen atoms in total. The highest BCUT2D eigenvalue weighted by atomic mass is 19.4. The molecule has 0 aliphatic carbocycles. The third kappa shape index (κ3) is 6.35. The van der Waals surface area contributed by atoms with Crippen molar-refractivity contribution in [3.8, 4) is 0 Å². The second-order valence-corrected chi connectivity index (χ2v) is 4.93. The molecule has 0 bridgehead atoms. The summed E-state index contributed by atoms with van der Waals surface area (Å²) in [5.41, 5.74) is 0.454. The molecule has 0 atom stereocenters. The average molecular weight is 246 g/mol. The summed E-state index contributed by atoms with van der Waals surface area (Å²) >= 11 is 0. The fraction of sp³-hybridized carbons (Fsp3) is 0.571. The molecule has 1 aromatic carbocycles. The van der Waals surface area contributed by atoms with E-state index >= 15 is 0 Å². The van der Waals surface area contributed by atoms with E-state index in [9.17, 15) is 13.2 Å². The molecule has 0 fully saturated rings. The maximum absolute atomic E-state index is 12.3. The molecule has 0 aromatic heterocycles. The SMILES string of the molecule is CC.CC(C)(C)Cc1ccc(C(F)(F)F)cc1. The quantitative estimate of drug-likeness (QED) is 0.629. The summed E-state index contributed by atoms with van der Waals surface area (Å²) in [6.45, 7) is 10.2. The van der Waals surface area contributed by atoms with Crippen LogP contribution in [0.3, 0.4) is 0 Å². The molecule has 0 aliphatic rings. The molecule has 0 saturated carbocycles. The van der Waals surface area contributed by atoms with Gasteiger partial charge >= 0.3 is 6.18 Å². The Labute approximate surface area is 102 Å². The van der Waals surface area contributed by atoms with E-state index in [1.165, 1.54) is 0 Å². The topological polar surface area (TPSA) is 0 Å². The third-order valence-corrected chi connectivity index (χ3v) is 2.02. The van der Waals surface area contributed by atoms with Gasteiger partial charge in [-0.25, -0.2) is 0 Å².